The second kappa shape index (κ2) is 3.82. The molecule has 0 saturated heterocycles. The lowest BCUT2D eigenvalue weighted by Gasteiger charge is -1.99. The third kappa shape index (κ3) is 2.05. The number of nitrogens with zero attached hydrogens (tertiary/aromatic N) is 1. The van der Waals surface area contributed by atoms with Gasteiger partial charge in [0.2, 0.25) is 5.89 Å². The van der Waals surface area contributed by atoms with Gasteiger partial charge in [-0.25, -0.2) is 9.37 Å². The van der Waals surface area contributed by atoms with Crippen LogP contribution in [0.1, 0.15) is 11.5 Å². The van der Waals surface area contributed by atoms with E-state index in [1.165, 1.54) is 12.1 Å². The number of halogens is 1. The molecule has 2 rings (SSSR count). The Morgan fingerprint density at radius 2 is 2.20 bits per heavy atom. The topological polar surface area (TPSA) is 52.0 Å². The average Bonchev–Trinajstić information content (AvgIpc) is 2.64. The third-order valence-electron chi connectivity index (χ3n) is 2.05. The van der Waals surface area contributed by atoms with Gasteiger partial charge in [-0.2, -0.15) is 0 Å². The van der Waals surface area contributed by atoms with Crippen molar-refractivity contribution >= 4 is 0 Å². The molecule has 0 amide bonds. The first-order chi connectivity index (χ1) is 7.19. The number of aryl methyl sites for hydroxylation is 1. The maximum absolute atomic E-state index is 13.1. The fourth-order valence-corrected chi connectivity index (χ4v) is 1.42. The van der Waals surface area contributed by atoms with E-state index in [0.717, 1.165) is 5.56 Å². The van der Waals surface area contributed by atoms with Crippen molar-refractivity contribution in [3.8, 4) is 11.3 Å². The number of benzene rings is 1. The largest absolute Gasteiger partial charge is 0.439 e. The second-order valence-corrected chi connectivity index (χ2v) is 3.34. The van der Waals surface area contributed by atoms with Gasteiger partial charge in [0, 0.05) is 5.56 Å². The molecule has 0 aliphatic heterocycles. The number of nitrogens with two attached hydrogens (primary N) is 1. The zero-order chi connectivity index (χ0) is 10.8. The van der Waals surface area contributed by atoms with Crippen molar-refractivity contribution in [2.45, 2.75) is 13.5 Å². The van der Waals surface area contributed by atoms with E-state index in [-0.39, 0.29) is 12.4 Å². The molecule has 78 valence electrons. The summed E-state index contributed by atoms with van der Waals surface area (Å²) in [5.41, 5.74) is 6.89. The fourth-order valence-electron chi connectivity index (χ4n) is 1.42. The lowest BCUT2D eigenvalue weighted by Crippen LogP contribution is -1.94. The van der Waals surface area contributed by atoms with E-state index in [4.69, 9.17) is 10.2 Å². The standard InChI is InChI=1S/C11H11FN2O/c1-7-2-8(4-9(12)3-7)10-6-14-11(5-13)15-10/h2-4,6H,5,13H2,1H3. The minimum Gasteiger partial charge on any atom is -0.439 e. The molecule has 1 aromatic heterocycles. The number of rotatable bonds is 2. The normalized spacial score (nSPS) is 10.6. The van der Waals surface area contributed by atoms with Crippen molar-refractivity contribution in [3.05, 3.63) is 41.7 Å². The van der Waals surface area contributed by atoms with Crippen LogP contribution in [0.5, 0.6) is 0 Å². The third-order valence-corrected chi connectivity index (χ3v) is 2.05. The average molecular weight is 206 g/mol. The molecule has 3 nitrogen and oxygen atoms in total. The van der Waals surface area contributed by atoms with Gasteiger partial charge in [-0.3, -0.25) is 0 Å². The zero-order valence-corrected chi connectivity index (χ0v) is 8.33. The molecular formula is C11H11FN2O. The molecular weight excluding hydrogens is 195 g/mol. The Kier molecular flexibility index (Phi) is 2.51. The van der Waals surface area contributed by atoms with E-state index in [1.54, 1.807) is 6.20 Å². The highest BCUT2D eigenvalue weighted by Gasteiger charge is 2.06. The Bertz CT molecular complexity index is 459. The fraction of sp³-hybridized carbons (Fsp3) is 0.182. The van der Waals surface area contributed by atoms with Crippen LogP contribution in [0.4, 0.5) is 4.39 Å². The maximum atomic E-state index is 13.1. The van der Waals surface area contributed by atoms with E-state index < -0.39 is 0 Å². The van der Waals surface area contributed by atoms with Crippen LogP contribution in [0.25, 0.3) is 11.3 Å². The summed E-state index contributed by atoms with van der Waals surface area (Å²) < 4.78 is 18.4. The smallest absolute Gasteiger partial charge is 0.208 e. The van der Waals surface area contributed by atoms with Crippen molar-refractivity contribution in [1.82, 2.24) is 4.98 Å². The molecule has 1 aromatic carbocycles. The highest BCUT2D eigenvalue weighted by atomic mass is 19.1. The van der Waals surface area contributed by atoms with Gasteiger partial charge in [-0.05, 0) is 30.7 Å². The zero-order valence-electron chi connectivity index (χ0n) is 8.33. The van der Waals surface area contributed by atoms with Crippen molar-refractivity contribution in [3.63, 3.8) is 0 Å². The monoisotopic (exact) mass is 206 g/mol. The van der Waals surface area contributed by atoms with Gasteiger partial charge in [-0.1, -0.05) is 0 Å². The van der Waals surface area contributed by atoms with Crippen LogP contribution in [0, 0.1) is 12.7 Å². The van der Waals surface area contributed by atoms with Gasteiger partial charge in [0.25, 0.3) is 0 Å². The SMILES string of the molecule is Cc1cc(F)cc(-c2cnc(CN)o2)c1. The second-order valence-electron chi connectivity index (χ2n) is 3.34. The first-order valence-corrected chi connectivity index (χ1v) is 4.61. The highest BCUT2D eigenvalue weighted by molar-refractivity contribution is 5.57. The van der Waals surface area contributed by atoms with Crippen LogP contribution < -0.4 is 5.73 Å². The first-order valence-electron chi connectivity index (χ1n) is 4.61. The van der Waals surface area contributed by atoms with Gasteiger partial charge < -0.3 is 10.2 Å². The number of hydrogen-bond acceptors (Lipinski definition) is 3. The van der Waals surface area contributed by atoms with E-state index in [0.29, 0.717) is 17.2 Å². The van der Waals surface area contributed by atoms with Gasteiger partial charge >= 0.3 is 0 Å². The molecule has 0 spiro atoms. The molecule has 0 fully saturated rings. The minimum absolute atomic E-state index is 0.244. The van der Waals surface area contributed by atoms with Crippen LogP contribution in [0.2, 0.25) is 0 Å². The summed E-state index contributed by atoms with van der Waals surface area (Å²) in [5.74, 6) is 0.709. The Labute approximate surface area is 86.7 Å². The predicted molar refractivity (Wildman–Crippen MR) is 54.5 cm³/mol. The van der Waals surface area contributed by atoms with Gasteiger partial charge in [0.15, 0.2) is 5.76 Å². The molecule has 0 bridgehead atoms. The lowest BCUT2D eigenvalue weighted by atomic mass is 10.1. The summed E-state index contributed by atoms with van der Waals surface area (Å²) in [6.45, 7) is 2.07. The molecule has 4 heteroatoms. The molecule has 15 heavy (non-hydrogen) atoms. The van der Waals surface area contributed by atoms with Crippen molar-refractivity contribution in [2.75, 3.05) is 0 Å². The number of hydrogen-bond donors (Lipinski definition) is 1. The Balaban J connectivity index is 2.44. The summed E-state index contributed by atoms with van der Waals surface area (Å²) in [5, 5.41) is 0. The summed E-state index contributed by atoms with van der Waals surface area (Å²) >= 11 is 0. The van der Waals surface area contributed by atoms with Crippen molar-refractivity contribution in [2.24, 2.45) is 5.73 Å². The molecule has 0 atom stereocenters. The molecule has 2 N–H and O–H groups in total. The molecule has 1 heterocycles. The van der Waals surface area contributed by atoms with Crippen LogP contribution in [-0.2, 0) is 6.54 Å². The van der Waals surface area contributed by atoms with Gasteiger partial charge in [-0.15, -0.1) is 0 Å². The van der Waals surface area contributed by atoms with E-state index in [2.05, 4.69) is 4.98 Å². The van der Waals surface area contributed by atoms with E-state index in [9.17, 15) is 4.39 Å². The number of aromatic nitrogens is 1. The summed E-state index contributed by atoms with van der Waals surface area (Å²) in [4.78, 5) is 3.96. The van der Waals surface area contributed by atoms with Crippen molar-refractivity contribution in [1.29, 1.82) is 0 Å². The van der Waals surface area contributed by atoms with Gasteiger partial charge in [0.05, 0.1) is 12.7 Å². The Morgan fingerprint density at radius 1 is 1.40 bits per heavy atom. The van der Waals surface area contributed by atoms with Crippen LogP contribution in [0.15, 0.2) is 28.8 Å². The van der Waals surface area contributed by atoms with Crippen LogP contribution in [0.3, 0.4) is 0 Å². The number of oxazole rings is 1. The van der Waals surface area contributed by atoms with Crippen LogP contribution >= 0.6 is 0 Å². The maximum Gasteiger partial charge on any atom is 0.208 e. The van der Waals surface area contributed by atoms with E-state index >= 15 is 0 Å². The summed E-state index contributed by atoms with van der Waals surface area (Å²) in [6, 6.07) is 4.71. The molecule has 0 aliphatic carbocycles. The first kappa shape index (κ1) is 9.86. The molecule has 0 radical (unpaired) electrons. The van der Waals surface area contributed by atoms with Crippen molar-refractivity contribution < 1.29 is 8.81 Å². The summed E-state index contributed by atoms with van der Waals surface area (Å²) in [6.07, 6.45) is 1.55. The minimum atomic E-state index is -0.282. The molecule has 0 unspecified atom stereocenters. The molecule has 0 saturated carbocycles. The molecule has 0 aliphatic rings. The Hall–Kier alpha value is -1.68. The quantitative estimate of drug-likeness (QED) is 0.819. The Morgan fingerprint density at radius 3 is 2.80 bits per heavy atom. The lowest BCUT2D eigenvalue weighted by molar-refractivity contribution is 0.509. The van der Waals surface area contributed by atoms with E-state index in [1.807, 2.05) is 13.0 Å². The predicted octanol–water partition coefficient (Wildman–Crippen LogP) is 2.25. The van der Waals surface area contributed by atoms with Gasteiger partial charge in [0.1, 0.15) is 5.82 Å². The van der Waals surface area contributed by atoms with Crippen LogP contribution in [-0.4, -0.2) is 4.98 Å². The summed E-state index contributed by atoms with van der Waals surface area (Å²) in [7, 11) is 0. The molecule has 2 aromatic rings. The highest BCUT2D eigenvalue weighted by Crippen LogP contribution is 2.22.